The normalized spacial score (nSPS) is 10.0. The van der Waals surface area contributed by atoms with E-state index in [-0.39, 0.29) is 5.78 Å². The minimum Gasteiger partial charge on any atom is -0.384 e. The maximum atomic E-state index is 11.2. The summed E-state index contributed by atoms with van der Waals surface area (Å²) in [5.41, 5.74) is 9.03. The molecule has 5 heteroatoms. The Hall–Kier alpha value is -2.69. The maximum Gasteiger partial charge on any atom is 0.178 e. The van der Waals surface area contributed by atoms with E-state index in [0.29, 0.717) is 11.5 Å². The fourth-order valence-corrected chi connectivity index (χ4v) is 1.83. The summed E-state index contributed by atoms with van der Waals surface area (Å²) in [5.74, 6) is 0.619. The van der Waals surface area contributed by atoms with Crippen LogP contribution in [0.4, 0.5) is 5.82 Å². The second-order valence-corrected chi connectivity index (χ2v) is 4.89. The number of fused-ring (bicyclic) bond motifs is 1. The van der Waals surface area contributed by atoms with Gasteiger partial charge in [0.2, 0.25) is 0 Å². The van der Waals surface area contributed by atoms with Gasteiger partial charge in [0.25, 0.3) is 0 Å². The maximum absolute atomic E-state index is 11.2. The van der Waals surface area contributed by atoms with Gasteiger partial charge in [0.15, 0.2) is 5.78 Å². The van der Waals surface area contributed by atoms with Crippen molar-refractivity contribution < 1.29 is 4.79 Å². The quantitative estimate of drug-likeness (QED) is 0.696. The SMILES string of the molecule is CC(=O)c1cnc2ccc(C)cn12.Cc1ccc(N)nc1. The number of nitrogen functional groups attached to an aromatic ring is 1. The third kappa shape index (κ3) is 3.66. The summed E-state index contributed by atoms with van der Waals surface area (Å²) in [7, 11) is 0. The zero-order valence-corrected chi connectivity index (χ0v) is 12.4. The van der Waals surface area contributed by atoms with Crippen LogP contribution in [0.25, 0.3) is 5.65 Å². The van der Waals surface area contributed by atoms with Crippen LogP contribution >= 0.6 is 0 Å². The molecule has 0 aromatic carbocycles. The highest BCUT2D eigenvalue weighted by Crippen LogP contribution is 2.08. The number of carbonyl (C=O) groups excluding carboxylic acids is 1. The highest BCUT2D eigenvalue weighted by molar-refractivity contribution is 5.93. The van der Waals surface area contributed by atoms with E-state index in [0.717, 1.165) is 16.8 Å². The van der Waals surface area contributed by atoms with Gasteiger partial charge in [-0.2, -0.15) is 0 Å². The number of aryl methyl sites for hydroxylation is 2. The van der Waals surface area contributed by atoms with Crippen molar-refractivity contribution in [3.05, 3.63) is 59.7 Å². The lowest BCUT2D eigenvalue weighted by molar-refractivity contribution is 0.101. The number of pyridine rings is 2. The fourth-order valence-electron chi connectivity index (χ4n) is 1.83. The first kappa shape index (κ1) is 14.7. The van der Waals surface area contributed by atoms with E-state index >= 15 is 0 Å². The largest absolute Gasteiger partial charge is 0.384 e. The molecule has 0 amide bonds. The smallest absolute Gasteiger partial charge is 0.178 e. The number of ketones is 1. The topological polar surface area (TPSA) is 73.3 Å². The zero-order chi connectivity index (χ0) is 15.4. The minimum absolute atomic E-state index is 0.0399. The lowest BCUT2D eigenvalue weighted by atomic mass is 10.3. The predicted molar refractivity (Wildman–Crippen MR) is 83.3 cm³/mol. The van der Waals surface area contributed by atoms with Gasteiger partial charge in [0, 0.05) is 19.3 Å². The van der Waals surface area contributed by atoms with Gasteiger partial charge in [-0.1, -0.05) is 12.1 Å². The average molecular weight is 282 g/mol. The number of hydrogen-bond acceptors (Lipinski definition) is 4. The number of anilines is 1. The number of aromatic nitrogens is 3. The van der Waals surface area contributed by atoms with Crippen molar-refractivity contribution in [2.24, 2.45) is 0 Å². The van der Waals surface area contributed by atoms with E-state index in [1.807, 2.05) is 42.6 Å². The molecule has 0 aliphatic carbocycles. The molecule has 108 valence electrons. The number of hydrogen-bond donors (Lipinski definition) is 1. The minimum atomic E-state index is 0.0399. The summed E-state index contributed by atoms with van der Waals surface area (Å²) in [6.07, 6.45) is 5.27. The molecule has 3 heterocycles. The molecule has 0 spiro atoms. The van der Waals surface area contributed by atoms with Crippen molar-refractivity contribution in [2.45, 2.75) is 20.8 Å². The monoisotopic (exact) mass is 282 g/mol. The number of rotatable bonds is 1. The van der Waals surface area contributed by atoms with E-state index in [4.69, 9.17) is 5.73 Å². The van der Waals surface area contributed by atoms with Crippen molar-refractivity contribution in [1.82, 2.24) is 14.4 Å². The van der Waals surface area contributed by atoms with Crippen LogP contribution in [0.1, 0.15) is 28.5 Å². The van der Waals surface area contributed by atoms with Gasteiger partial charge in [0.1, 0.15) is 17.2 Å². The standard InChI is InChI=1S/C10H10N2O.C6H8N2/c1-7-3-4-10-11-5-9(8(2)13)12(10)6-7;1-5-2-3-6(7)8-4-5/h3-6H,1-2H3;2-4H,1H3,(H2,7,8). The Bertz CT molecular complexity index is 739. The Morgan fingerprint density at radius 1 is 1.05 bits per heavy atom. The van der Waals surface area contributed by atoms with Crippen molar-refractivity contribution in [3.8, 4) is 0 Å². The lowest BCUT2D eigenvalue weighted by Gasteiger charge is -1.98. The second kappa shape index (κ2) is 6.17. The Balaban J connectivity index is 0.000000173. The highest BCUT2D eigenvalue weighted by atomic mass is 16.1. The van der Waals surface area contributed by atoms with Gasteiger partial charge in [-0.15, -0.1) is 0 Å². The molecular weight excluding hydrogens is 264 g/mol. The Kier molecular flexibility index (Phi) is 4.33. The van der Waals surface area contributed by atoms with Crippen LogP contribution in [0, 0.1) is 13.8 Å². The third-order valence-electron chi connectivity index (χ3n) is 2.95. The molecule has 0 saturated carbocycles. The summed E-state index contributed by atoms with van der Waals surface area (Å²) in [5, 5.41) is 0. The molecule has 0 unspecified atom stereocenters. The van der Waals surface area contributed by atoms with Gasteiger partial charge in [-0.25, -0.2) is 9.97 Å². The highest BCUT2D eigenvalue weighted by Gasteiger charge is 2.06. The van der Waals surface area contributed by atoms with Crippen LogP contribution in [0.5, 0.6) is 0 Å². The molecule has 2 N–H and O–H groups in total. The van der Waals surface area contributed by atoms with E-state index in [1.165, 1.54) is 0 Å². The lowest BCUT2D eigenvalue weighted by Crippen LogP contribution is -1.98. The van der Waals surface area contributed by atoms with Gasteiger partial charge < -0.3 is 5.73 Å². The Morgan fingerprint density at radius 2 is 1.76 bits per heavy atom. The summed E-state index contributed by atoms with van der Waals surface area (Å²) in [4.78, 5) is 19.2. The van der Waals surface area contributed by atoms with E-state index in [1.54, 1.807) is 25.4 Å². The van der Waals surface area contributed by atoms with Gasteiger partial charge in [-0.05, 0) is 37.1 Å². The molecule has 21 heavy (non-hydrogen) atoms. The summed E-state index contributed by atoms with van der Waals surface area (Å²) in [6.45, 7) is 5.52. The number of nitrogens with two attached hydrogens (primary N) is 1. The van der Waals surface area contributed by atoms with Crippen LogP contribution in [0.15, 0.2) is 42.9 Å². The predicted octanol–water partition coefficient (Wildman–Crippen LogP) is 2.82. The van der Waals surface area contributed by atoms with Crippen LogP contribution < -0.4 is 5.73 Å². The molecule has 0 radical (unpaired) electrons. The number of carbonyl (C=O) groups is 1. The van der Waals surface area contributed by atoms with Gasteiger partial charge in [0.05, 0.1) is 6.20 Å². The number of Topliss-reactive ketones (excluding diaryl/α,β-unsaturated/α-hetero) is 1. The van der Waals surface area contributed by atoms with Crippen molar-refractivity contribution in [3.63, 3.8) is 0 Å². The van der Waals surface area contributed by atoms with Crippen molar-refractivity contribution >= 4 is 17.2 Å². The number of imidazole rings is 1. The van der Waals surface area contributed by atoms with E-state index < -0.39 is 0 Å². The second-order valence-electron chi connectivity index (χ2n) is 4.89. The fraction of sp³-hybridized carbons (Fsp3) is 0.188. The van der Waals surface area contributed by atoms with Gasteiger partial charge >= 0.3 is 0 Å². The molecule has 0 bridgehead atoms. The van der Waals surface area contributed by atoms with Crippen molar-refractivity contribution in [2.75, 3.05) is 5.73 Å². The molecule has 5 nitrogen and oxygen atoms in total. The molecule has 0 aliphatic heterocycles. The third-order valence-corrected chi connectivity index (χ3v) is 2.95. The first-order valence-corrected chi connectivity index (χ1v) is 6.60. The molecule has 3 aromatic rings. The first-order chi connectivity index (χ1) is 9.97. The van der Waals surface area contributed by atoms with E-state index in [9.17, 15) is 4.79 Å². The summed E-state index contributed by atoms with van der Waals surface area (Å²) >= 11 is 0. The van der Waals surface area contributed by atoms with Gasteiger partial charge in [-0.3, -0.25) is 9.20 Å². The summed E-state index contributed by atoms with van der Waals surface area (Å²) in [6, 6.07) is 7.60. The van der Waals surface area contributed by atoms with Crippen LogP contribution in [-0.4, -0.2) is 20.2 Å². The average Bonchev–Trinajstić information content (AvgIpc) is 2.86. The molecule has 0 fully saturated rings. The van der Waals surface area contributed by atoms with Crippen LogP contribution in [0.2, 0.25) is 0 Å². The molecule has 0 atom stereocenters. The first-order valence-electron chi connectivity index (χ1n) is 6.60. The van der Waals surface area contributed by atoms with Crippen LogP contribution in [0.3, 0.4) is 0 Å². The molecule has 0 saturated heterocycles. The molecular formula is C16H18N4O. The van der Waals surface area contributed by atoms with E-state index in [2.05, 4.69) is 9.97 Å². The summed E-state index contributed by atoms with van der Waals surface area (Å²) < 4.78 is 1.82. The zero-order valence-electron chi connectivity index (χ0n) is 12.4. The molecule has 3 aromatic heterocycles. The molecule has 0 aliphatic rings. The Labute approximate surface area is 123 Å². The number of nitrogens with zero attached hydrogens (tertiary/aromatic N) is 3. The van der Waals surface area contributed by atoms with Crippen LogP contribution in [-0.2, 0) is 0 Å². The molecule has 3 rings (SSSR count). The Morgan fingerprint density at radius 3 is 2.33 bits per heavy atom. The van der Waals surface area contributed by atoms with Crippen molar-refractivity contribution in [1.29, 1.82) is 0 Å².